The summed E-state index contributed by atoms with van der Waals surface area (Å²) in [5.74, 6) is -0.957. The first-order chi connectivity index (χ1) is 8.72. The second-order valence-corrected chi connectivity index (χ2v) is 4.50. The van der Waals surface area contributed by atoms with Gasteiger partial charge in [-0.25, -0.2) is 9.78 Å². The molecule has 1 aromatic rings. The second-order valence-electron chi connectivity index (χ2n) is 4.50. The molecule has 1 aliphatic heterocycles. The van der Waals surface area contributed by atoms with Crippen LogP contribution in [0.1, 0.15) is 23.8 Å². The third-order valence-corrected chi connectivity index (χ3v) is 3.24. The molecule has 0 aliphatic carbocycles. The summed E-state index contributed by atoms with van der Waals surface area (Å²) >= 11 is 0. The minimum atomic E-state index is -0.957. The fourth-order valence-electron chi connectivity index (χ4n) is 2.35. The Morgan fingerprint density at radius 2 is 2.11 bits per heavy atom. The zero-order chi connectivity index (χ0) is 13.0. The number of nitrogens with zero attached hydrogens (tertiary/aromatic N) is 3. The fourth-order valence-corrected chi connectivity index (χ4v) is 2.35. The van der Waals surface area contributed by atoms with Gasteiger partial charge in [0.05, 0.1) is 5.69 Å². The Labute approximate surface area is 107 Å². The predicted octanol–water partition coefficient (Wildman–Crippen LogP) is 1.31. The first kappa shape index (κ1) is 12.8. The minimum Gasteiger partial charge on any atom is -0.476 e. The predicted molar refractivity (Wildman–Crippen MR) is 70.1 cm³/mol. The van der Waals surface area contributed by atoms with Crippen LogP contribution in [0.5, 0.6) is 0 Å². The number of carboxylic acids is 1. The monoisotopic (exact) mass is 249 g/mol. The lowest BCUT2D eigenvalue weighted by Gasteiger charge is -2.36. The Kier molecular flexibility index (Phi) is 4.15. The van der Waals surface area contributed by atoms with Crippen LogP contribution in [-0.2, 0) is 0 Å². The average Bonchev–Trinajstić information content (AvgIpc) is 2.40. The van der Waals surface area contributed by atoms with Crippen LogP contribution in [0.25, 0.3) is 0 Å². The second kappa shape index (κ2) is 5.82. The Hall–Kier alpha value is -1.62. The summed E-state index contributed by atoms with van der Waals surface area (Å²) in [4.78, 5) is 19.6. The molecule has 1 aliphatic rings. The molecule has 0 bridgehead atoms. The van der Waals surface area contributed by atoms with E-state index in [-0.39, 0.29) is 5.69 Å². The van der Waals surface area contributed by atoms with Crippen LogP contribution >= 0.6 is 0 Å². The van der Waals surface area contributed by atoms with Gasteiger partial charge in [0, 0.05) is 32.4 Å². The molecule has 0 radical (unpaired) electrons. The lowest BCUT2D eigenvalue weighted by molar-refractivity contribution is 0.0691. The molecular formula is C13H19N3O2. The van der Waals surface area contributed by atoms with Crippen molar-refractivity contribution in [3.05, 3.63) is 24.0 Å². The third kappa shape index (κ3) is 2.79. The summed E-state index contributed by atoms with van der Waals surface area (Å²) < 4.78 is 0. The van der Waals surface area contributed by atoms with E-state index in [4.69, 9.17) is 5.11 Å². The van der Waals surface area contributed by atoms with Gasteiger partial charge in [0.15, 0.2) is 5.69 Å². The van der Waals surface area contributed by atoms with Crippen LogP contribution in [0.2, 0.25) is 0 Å². The maximum atomic E-state index is 11.1. The molecule has 2 heterocycles. The number of aromatic carboxylic acids is 1. The van der Waals surface area contributed by atoms with Crippen molar-refractivity contribution in [3.63, 3.8) is 0 Å². The smallest absolute Gasteiger partial charge is 0.356 e. The SMILES string of the molecule is CCCN1CCN(c2cccnc2C(=O)O)CC1. The first-order valence-electron chi connectivity index (χ1n) is 6.38. The molecule has 2 rings (SSSR count). The molecule has 0 spiro atoms. The average molecular weight is 249 g/mol. The van der Waals surface area contributed by atoms with Crippen LogP contribution in [0, 0.1) is 0 Å². The van der Waals surface area contributed by atoms with E-state index in [1.807, 2.05) is 6.07 Å². The molecule has 0 saturated carbocycles. The quantitative estimate of drug-likeness (QED) is 0.872. The molecule has 0 aromatic carbocycles. The van der Waals surface area contributed by atoms with Crippen molar-refractivity contribution in [3.8, 4) is 0 Å². The molecular weight excluding hydrogens is 230 g/mol. The Morgan fingerprint density at radius 3 is 2.72 bits per heavy atom. The summed E-state index contributed by atoms with van der Waals surface area (Å²) in [5.41, 5.74) is 0.891. The van der Waals surface area contributed by atoms with E-state index in [1.54, 1.807) is 6.07 Å². The molecule has 5 nitrogen and oxygen atoms in total. The van der Waals surface area contributed by atoms with Gasteiger partial charge in [-0.15, -0.1) is 0 Å². The van der Waals surface area contributed by atoms with Crippen molar-refractivity contribution in [2.45, 2.75) is 13.3 Å². The highest BCUT2D eigenvalue weighted by Crippen LogP contribution is 2.19. The molecule has 0 amide bonds. The van der Waals surface area contributed by atoms with Gasteiger partial charge < -0.3 is 10.0 Å². The van der Waals surface area contributed by atoms with Crippen molar-refractivity contribution >= 4 is 11.7 Å². The third-order valence-electron chi connectivity index (χ3n) is 3.24. The van der Waals surface area contributed by atoms with E-state index in [9.17, 15) is 4.79 Å². The summed E-state index contributed by atoms with van der Waals surface area (Å²) in [6, 6.07) is 3.63. The summed E-state index contributed by atoms with van der Waals surface area (Å²) in [6.07, 6.45) is 2.69. The zero-order valence-electron chi connectivity index (χ0n) is 10.7. The minimum absolute atomic E-state index is 0.154. The number of rotatable bonds is 4. The van der Waals surface area contributed by atoms with Gasteiger partial charge in [-0.1, -0.05) is 6.92 Å². The number of hydrogen-bond acceptors (Lipinski definition) is 4. The highest BCUT2D eigenvalue weighted by Gasteiger charge is 2.21. The topological polar surface area (TPSA) is 56.7 Å². The van der Waals surface area contributed by atoms with E-state index in [0.29, 0.717) is 0 Å². The normalized spacial score (nSPS) is 16.8. The number of carbonyl (C=O) groups is 1. The number of anilines is 1. The Balaban J connectivity index is 2.07. The van der Waals surface area contributed by atoms with Gasteiger partial charge in [0.2, 0.25) is 0 Å². The molecule has 0 unspecified atom stereocenters. The van der Waals surface area contributed by atoms with Gasteiger partial charge in [-0.2, -0.15) is 0 Å². The van der Waals surface area contributed by atoms with Crippen molar-refractivity contribution in [1.82, 2.24) is 9.88 Å². The Morgan fingerprint density at radius 1 is 1.39 bits per heavy atom. The van der Waals surface area contributed by atoms with Gasteiger partial charge in [-0.05, 0) is 25.1 Å². The number of aromatic nitrogens is 1. The van der Waals surface area contributed by atoms with E-state index in [0.717, 1.165) is 44.8 Å². The maximum absolute atomic E-state index is 11.1. The highest BCUT2D eigenvalue weighted by molar-refractivity contribution is 5.92. The van der Waals surface area contributed by atoms with Crippen molar-refractivity contribution in [2.75, 3.05) is 37.6 Å². The fraction of sp³-hybridized carbons (Fsp3) is 0.538. The molecule has 1 saturated heterocycles. The van der Waals surface area contributed by atoms with E-state index in [2.05, 4.69) is 21.7 Å². The van der Waals surface area contributed by atoms with Gasteiger partial charge in [0.25, 0.3) is 0 Å². The van der Waals surface area contributed by atoms with Crippen molar-refractivity contribution in [2.24, 2.45) is 0 Å². The van der Waals surface area contributed by atoms with Crippen LogP contribution < -0.4 is 4.90 Å². The molecule has 1 aromatic heterocycles. The van der Waals surface area contributed by atoms with E-state index in [1.165, 1.54) is 6.20 Å². The zero-order valence-corrected chi connectivity index (χ0v) is 10.7. The lowest BCUT2D eigenvalue weighted by atomic mass is 10.2. The number of carboxylic acid groups (broad SMARTS) is 1. The first-order valence-corrected chi connectivity index (χ1v) is 6.38. The molecule has 98 valence electrons. The van der Waals surface area contributed by atoms with Crippen molar-refractivity contribution < 1.29 is 9.90 Å². The number of hydrogen-bond donors (Lipinski definition) is 1. The largest absolute Gasteiger partial charge is 0.476 e. The maximum Gasteiger partial charge on any atom is 0.356 e. The Bertz CT molecular complexity index is 414. The summed E-state index contributed by atoms with van der Waals surface area (Å²) in [7, 11) is 0. The van der Waals surface area contributed by atoms with Crippen LogP contribution in [0.3, 0.4) is 0 Å². The molecule has 5 heteroatoms. The van der Waals surface area contributed by atoms with Gasteiger partial charge >= 0.3 is 5.97 Å². The van der Waals surface area contributed by atoms with Crippen LogP contribution in [-0.4, -0.2) is 53.7 Å². The molecule has 0 atom stereocenters. The summed E-state index contributed by atoms with van der Waals surface area (Å²) in [6.45, 7) is 7.00. The lowest BCUT2D eigenvalue weighted by Crippen LogP contribution is -2.47. The standard InChI is InChI=1S/C13H19N3O2/c1-2-6-15-7-9-16(10-8-15)11-4-3-5-14-12(11)13(17)18/h3-5H,2,6-10H2,1H3,(H,17,18). The summed E-state index contributed by atoms with van der Waals surface area (Å²) in [5, 5.41) is 9.13. The van der Waals surface area contributed by atoms with Crippen LogP contribution in [0.4, 0.5) is 5.69 Å². The molecule has 18 heavy (non-hydrogen) atoms. The van der Waals surface area contributed by atoms with Crippen LogP contribution in [0.15, 0.2) is 18.3 Å². The van der Waals surface area contributed by atoms with Crippen molar-refractivity contribution in [1.29, 1.82) is 0 Å². The van der Waals surface area contributed by atoms with E-state index < -0.39 is 5.97 Å². The van der Waals surface area contributed by atoms with Gasteiger partial charge in [-0.3, -0.25) is 4.90 Å². The number of piperazine rings is 1. The van der Waals surface area contributed by atoms with E-state index >= 15 is 0 Å². The number of pyridine rings is 1. The highest BCUT2D eigenvalue weighted by atomic mass is 16.4. The molecule has 1 N–H and O–H groups in total. The van der Waals surface area contributed by atoms with Gasteiger partial charge in [0.1, 0.15) is 0 Å². The molecule has 1 fully saturated rings.